The average molecular weight is 333 g/mol. The zero-order valence-corrected chi connectivity index (χ0v) is 11.9. The van der Waals surface area contributed by atoms with Crippen LogP contribution in [0.3, 0.4) is 0 Å². The van der Waals surface area contributed by atoms with E-state index in [0.29, 0.717) is 0 Å². The van der Waals surface area contributed by atoms with E-state index in [1.165, 1.54) is 0 Å². The Balaban J connectivity index is 2.33. The molecule has 0 radical (unpaired) electrons. The summed E-state index contributed by atoms with van der Waals surface area (Å²) in [5.74, 6) is -3.60. The number of carboxylic acids is 1. The molecule has 1 fully saturated rings. The van der Waals surface area contributed by atoms with Gasteiger partial charge in [0.1, 0.15) is 0 Å². The van der Waals surface area contributed by atoms with Crippen LogP contribution in [0.25, 0.3) is 0 Å². The third kappa shape index (κ3) is 3.32. The minimum Gasteiger partial charge on any atom is -0.481 e. The van der Waals surface area contributed by atoms with Crippen molar-refractivity contribution in [1.82, 2.24) is 0 Å². The van der Waals surface area contributed by atoms with Crippen molar-refractivity contribution in [2.75, 3.05) is 0 Å². The monoisotopic (exact) mass is 332 g/mol. The maximum Gasteiger partial charge on any atom is 0.304 e. The SMILES string of the molecule is O=C(O)CC1(c2cccc(Br)c2)CCC(F)(F)CC1. The van der Waals surface area contributed by atoms with E-state index in [2.05, 4.69) is 15.9 Å². The van der Waals surface area contributed by atoms with Gasteiger partial charge in [0.25, 0.3) is 0 Å². The normalized spacial score (nSPS) is 21.0. The molecule has 0 amide bonds. The van der Waals surface area contributed by atoms with E-state index in [1.807, 2.05) is 24.3 Å². The molecule has 0 spiro atoms. The third-order valence-electron chi connectivity index (χ3n) is 3.87. The summed E-state index contributed by atoms with van der Waals surface area (Å²) in [6.45, 7) is 0. The van der Waals surface area contributed by atoms with Crippen LogP contribution < -0.4 is 0 Å². The summed E-state index contributed by atoms with van der Waals surface area (Å²) in [6, 6.07) is 7.33. The first kappa shape index (κ1) is 14.4. The summed E-state index contributed by atoms with van der Waals surface area (Å²) in [5, 5.41) is 9.09. The lowest BCUT2D eigenvalue weighted by Gasteiger charge is -2.39. The number of carboxylic acid groups (broad SMARTS) is 1. The number of aliphatic carboxylic acids is 1. The molecule has 5 heteroatoms. The number of halogens is 3. The van der Waals surface area contributed by atoms with Gasteiger partial charge in [-0.2, -0.15) is 0 Å². The fraction of sp³-hybridized carbons (Fsp3) is 0.500. The largest absolute Gasteiger partial charge is 0.481 e. The van der Waals surface area contributed by atoms with Gasteiger partial charge in [0, 0.05) is 22.7 Å². The lowest BCUT2D eigenvalue weighted by Crippen LogP contribution is -2.38. The van der Waals surface area contributed by atoms with Crippen LogP contribution in [-0.2, 0) is 10.2 Å². The number of benzene rings is 1. The summed E-state index contributed by atoms with van der Waals surface area (Å²) in [4.78, 5) is 11.1. The van der Waals surface area contributed by atoms with Crippen LogP contribution in [0.4, 0.5) is 8.78 Å². The molecule has 0 heterocycles. The molecule has 1 aliphatic rings. The van der Waals surface area contributed by atoms with E-state index in [9.17, 15) is 13.6 Å². The molecule has 0 unspecified atom stereocenters. The summed E-state index contributed by atoms with van der Waals surface area (Å²) in [6.07, 6.45) is -0.162. The fourth-order valence-corrected chi connectivity index (χ4v) is 3.17. The Morgan fingerprint density at radius 1 is 1.26 bits per heavy atom. The zero-order chi connectivity index (χ0) is 14.1. The Hall–Kier alpha value is -0.970. The molecule has 1 saturated carbocycles. The standard InChI is InChI=1S/C14H15BrF2O2/c15-11-3-1-2-10(8-11)13(9-12(18)19)4-6-14(16,17)7-5-13/h1-3,8H,4-7,9H2,(H,18,19). The van der Waals surface area contributed by atoms with Gasteiger partial charge in [-0.15, -0.1) is 0 Å². The molecular formula is C14H15BrF2O2. The molecule has 1 aromatic rings. The van der Waals surface area contributed by atoms with Gasteiger partial charge < -0.3 is 5.11 Å². The molecule has 0 atom stereocenters. The van der Waals surface area contributed by atoms with Crippen molar-refractivity contribution in [1.29, 1.82) is 0 Å². The molecule has 2 rings (SSSR count). The molecule has 19 heavy (non-hydrogen) atoms. The molecule has 2 nitrogen and oxygen atoms in total. The Morgan fingerprint density at radius 3 is 2.42 bits per heavy atom. The van der Waals surface area contributed by atoms with Crippen molar-refractivity contribution in [2.24, 2.45) is 0 Å². The molecule has 104 valence electrons. The maximum absolute atomic E-state index is 13.3. The highest BCUT2D eigenvalue weighted by molar-refractivity contribution is 9.10. The van der Waals surface area contributed by atoms with Crippen LogP contribution in [0, 0.1) is 0 Å². The van der Waals surface area contributed by atoms with Crippen LogP contribution >= 0.6 is 15.9 Å². The van der Waals surface area contributed by atoms with Gasteiger partial charge >= 0.3 is 5.97 Å². The number of alkyl halides is 2. The molecule has 1 N–H and O–H groups in total. The van der Waals surface area contributed by atoms with Gasteiger partial charge in [-0.05, 0) is 30.5 Å². The van der Waals surface area contributed by atoms with Crippen molar-refractivity contribution in [2.45, 2.75) is 43.4 Å². The number of carbonyl (C=O) groups is 1. The number of hydrogen-bond acceptors (Lipinski definition) is 1. The highest BCUT2D eigenvalue weighted by Crippen LogP contribution is 2.47. The first-order chi connectivity index (χ1) is 8.83. The topological polar surface area (TPSA) is 37.3 Å². The summed E-state index contributed by atoms with van der Waals surface area (Å²) in [7, 11) is 0. The number of rotatable bonds is 3. The second-order valence-corrected chi connectivity index (χ2v) is 6.13. The molecule has 1 aromatic carbocycles. The van der Waals surface area contributed by atoms with Gasteiger partial charge in [0.15, 0.2) is 0 Å². The molecule has 0 aliphatic heterocycles. The van der Waals surface area contributed by atoms with Crippen molar-refractivity contribution in [3.8, 4) is 0 Å². The second kappa shape index (κ2) is 5.19. The minimum absolute atomic E-state index is 0.0977. The van der Waals surface area contributed by atoms with Crippen molar-refractivity contribution in [3.63, 3.8) is 0 Å². The Bertz CT molecular complexity index is 478. The molecule has 1 aliphatic carbocycles. The van der Waals surface area contributed by atoms with Crippen molar-refractivity contribution in [3.05, 3.63) is 34.3 Å². The van der Waals surface area contributed by atoms with E-state index >= 15 is 0 Å². The van der Waals surface area contributed by atoms with Crippen molar-refractivity contribution < 1.29 is 18.7 Å². The Labute approximate surface area is 118 Å². The minimum atomic E-state index is -2.66. The maximum atomic E-state index is 13.3. The predicted octanol–water partition coefficient (Wildman–Crippen LogP) is 4.37. The lowest BCUT2D eigenvalue weighted by molar-refractivity contribution is -0.140. The van der Waals surface area contributed by atoms with E-state index in [-0.39, 0.29) is 32.1 Å². The summed E-state index contributed by atoms with van der Waals surface area (Å²) >= 11 is 3.35. The third-order valence-corrected chi connectivity index (χ3v) is 4.36. The molecule has 0 aromatic heterocycles. The Morgan fingerprint density at radius 2 is 1.89 bits per heavy atom. The van der Waals surface area contributed by atoms with Crippen LogP contribution in [0.2, 0.25) is 0 Å². The highest BCUT2D eigenvalue weighted by Gasteiger charge is 2.45. The number of hydrogen-bond donors (Lipinski definition) is 1. The molecule has 0 bridgehead atoms. The smallest absolute Gasteiger partial charge is 0.304 e. The van der Waals surface area contributed by atoms with E-state index < -0.39 is 17.3 Å². The van der Waals surface area contributed by atoms with Crippen LogP contribution in [0.5, 0.6) is 0 Å². The van der Waals surface area contributed by atoms with Crippen LogP contribution in [0.15, 0.2) is 28.7 Å². The van der Waals surface area contributed by atoms with E-state index in [0.717, 1.165) is 10.0 Å². The molecule has 0 saturated heterocycles. The predicted molar refractivity (Wildman–Crippen MR) is 71.5 cm³/mol. The highest BCUT2D eigenvalue weighted by atomic mass is 79.9. The summed E-state index contributed by atoms with van der Waals surface area (Å²) in [5.41, 5.74) is 0.164. The summed E-state index contributed by atoms with van der Waals surface area (Å²) < 4.78 is 27.5. The average Bonchev–Trinajstić information content (AvgIpc) is 2.32. The van der Waals surface area contributed by atoms with Crippen molar-refractivity contribution >= 4 is 21.9 Å². The fourth-order valence-electron chi connectivity index (χ4n) is 2.77. The lowest BCUT2D eigenvalue weighted by atomic mass is 9.66. The van der Waals surface area contributed by atoms with Gasteiger partial charge in [0.05, 0.1) is 6.42 Å². The van der Waals surface area contributed by atoms with Crippen LogP contribution in [0.1, 0.15) is 37.7 Å². The van der Waals surface area contributed by atoms with Gasteiger partial charge in [0.2, 0.25) is 5.92 Å². The van der Waals surface area contributed by atoms with Gasteiger partial charge in [-0.25, -0.2) is 8.78 Å². The zero-order valence-electron chi connectivity index (χ0n) is 10.3. The van der Waals surface area contributed by atoms with Gasteiger partial charge in [-0.1, -0.05) is 28.1 Å². The Kier molecular flexibility index (Phi) is 3.95. The second-order valence-electron chi connectivity index (χ2n) is 5.22. The van der Waals surface area contributed by atoms with Gasteiger partial charge in [-0.3, -0.25) is 4.79 Å². The molecular weight excluding hydrogens is 318 g/mol. The quantitative estimate of drug-likeness (QED) is 0.892. The first-order valence-electron chi connectivity index (χ1n) is 6.19. The first-order valence-corrected chi connectivity index (χ1v) is 6.98. The van der Waals surface area contributed by atoms with Crippen LogP contribution in [-0.4, -0.2) is 17.0 Å². The van der Waals surface area contributed by atoms with E-state index in [4.69, 9.17) is 5.11 Å². The van der Waals surface area contributed by atoms with E-state index in [1.54, 1.807) is 0 Å².